The van der Waals surface area contributed by atoms with Crippen molar-refractivity contribution in [2.45, 2.75) is 71.3 Å². The Bertz CT molecular complexity index is 1170. The molecule has 7 nitrogen and oxygen atoms in total. The fraction of sp³-hybridized carbons (Fsp3) is 0.478. The molecule has 2 aromatic carbocycles. The van der Waals surface area contributed by atoms with Crippen molar-refractivity contribution >= 4 is 25.7 Å². The number of hydrogen-bond acceptors (Lipinski definition) is 5. The zero-order valence-corrected chi connectivity index (χ0v) is 21.7. The van der Waals surface area contributed by atoms with E-state index in [1.807, 2.05) is 33.8 Å². The van der Waals surface area contributed by atoms with Gasteiger partial charge in [0, 0.05) is 13.1 Å². The molecule has 9 heteroatoms. The predicted octanol–water partition coefficient (Wildman–Crippen LogP) is 4.54. The Labute approximate surface area is 192 Å². The highest BCUT2D eigenvalue weighted by Gasteiger charge is 2.27. The van der Waals surface area contributed by atoms with Gasteiger partial charge in [0.05, 0.1) is 21.6 Å². The lowest BCUT2D eigenvalue weighted by Gasteiger charge is -2.22. The Morgan fingerprint density at radius 2 is 1.44 bits per heavy atom. The monoisotopic (exact) mass is 482 g/mol. The molecule has 2 aromatic rings. The zero-order valence-electron chi connectivity index (χ0n) is 20.1. The zero-order chi connectivity index (χ0) is 24.4. The number of rotatable bonds is 9. The van der Waals surface area contributed by atoms with Gasteiger partial charge in [-0.15, -0.1) is 0 Å². The van der Waals surface area contributed by atoms with Crippen molar-refractivity contribution in [2.75, 3.05) is 17.8 Å². The molecule has 0 heterocycles. The van der Waals surface area contributed by atoms with Gasteiger partial charge in [0.25, 0.3) is 10.0 Å². The van der Waals surface area contributed by atoms with Crippen molar-refractivity contribution < 1.29 is 21.6 Å². The van der Waals surface area contributed by atoms with E-state index in [1.165, 1.54) is 22.5 Å². The van der Waals surface area contributed by atoms with Gasteiger partial charge in [-0.2, -0.15) is 4.31 Å². The highest BCUT2D eigenvalue weighted by molar-refractivity contribution is 7.93. The van der Waals surface area contributed by atoms with E-state index in [9.17, 15) is 16.8 Å². The number of ether oxygens (including phenoxy) is 1. The first kappa shape index (κ1) is 26.2. The summed E-state index contributed by atoms with van der Waals surface area (Å²) >= 11 is 0. The van der Waals surface area contributed by atoms with Crippen LogP contribution < -0.4 is 9.46 Å². The molecule has 178 valence electrons. The van der Waals surface area contributed by atoms with E-state index >= 15 is 0 Å². The third kappa shape index (κ3) is 5.27. The summed E-state index contributed by atoms with van der Waals surface area (Å²) in [4.78, 5) is 0.200. The fourth-order valence-electron chi connectivity index (χ4n) is 3.60. The van der Waals surface area contributed by atoms with Gasteiger partial charge < -0.3 is 4.74 Å². The van der Waals surface area contributed by atoms with E-state index in [0.29, 0.717) is 24.2 Å². The van der Waals surface area contributed by atoms with Gasteiger partial charge in [0.1, 0.15) is 5.75 Å². The second-order valence-electron chi connectivity index (χ2n) is 8.11. The van der Waals surface area contributed by atoms with E-state index in [2.05, 4.69) is 4.72 Å². The van der Waals surface area contributed by atoms with Crippen LogP contribution >= 0.6 is 0 Å². The summed E-state index contributed by atoms with van der Waals surface area (Å²) in [6, 6.07) is 6.22. The molecule has 0 saturated carbocycles. The van der Waals surface area contributed by atoms with Gasteiger partial charge in [0.15, 0.2) is 0 Å². The van der Waals surface area contributed by atoms with Crippen LogP contribution in [-0.4, -0.2) is 40.3 Å². The van der Waals surface area contributed by atoms with Crippen LogP contribution in [0.3, 0.4) is 0 Å². The van der Waals surface area contributed by atoms with Crippen LogP contribution in [0.2, 0.25) is 0 Å². The summed E-state index contributed by atoms with van der Waals surface area (Å²) in [5.41, 5.74) is 3.12. The molecule has 0 aliphatic rings. The standard InChI is InChI=1S/C23H34N2O5S2/c1-9-25(10-2)32(28,29)20-11-12-22(30-15(3)4)21(14-20)24-31(26,27)23-18(7)16(5)13-17(6)19(23)8/h11-15,24H,9-10H2,1-8H3. The Balaban J connectivity index is 2.68. The molecule has 32 heavy (non-hydrogen) atoms. The number of anilines is 1. The quantitative estimate of drug-likeness (QED) is 0.566. The van der Waals surface area contributed by atoms with Crippen LogP contribution in [0.4, 0.5) is 5.69 Å². The molecular weight excluding hydrogens is 448 g/mol. The molecule has 0 fully saturated rings. The molecule has 0 aliphatic heterocycles. The Morgan fingerprint density at radius 3 is 1.91 bits per heavy atom. The van der Waals surface area contributed by atoms with E-state index < -0.39 is 20.0 Å². The SMILES string of the molecule is CCN(CC)S(=O)(=O)c1ccc(OC(C)C)c(NS(=O)(=O)c2c(C)c(C)cc(C)c2C)c1. The van der Waals surface area contributed by atoms with Crippen LogP contribution in [0.25, 0.3) is 0 Å². The third-order valence-corrected chi connectivity index (χ3v) is 9.15. The maximum Gasteiger partial charge on any atom is 0.262 e. The summed E-state index contributed by atoms with van der Waals surface area (Å²) in [5, 5.41) is 0. The summed E-state index contributed by atoms with van der Waals surface area (Å²) in [7, 11) is -7.79. The highest BCUT2D eigenvalue weighted by atomic mass is 32.2. The number of aryl methyl sites for hydroxylation is 2. The van der Waals surface area contributed by atoms with Gasteiger partial charge >= 0.3 is 0 Å². The number of hydrogen-bond donors (Lipinski definition) is 1. The van der Waals surface area contributed by atoms with Gasteiger partial charge in [-0.25, -0.2) is 16.8 Å². The van der Waals surface area contributed by atoms with Crippen molar-refractivity contribution in [1.82, 2.24) is 4.31 Å². The number of nitrogens with one attached hydrogen (secondary N) is 1. The van der Waals surface area contributed by atoms with Gasteiger partial charge in [-0.1, -0.05) is 19.9 Å². The summed E-state index contributed by atoms with van der Waals surface area (Å²) in [6.45, 7) is 15.0. The minimum Gasteiger partial charge on any atom is -0.489 e. The van der Waals surface area contributed by atoms with Crippen LogP contribution in [-0.2, 0) is 20.0 Å². The van der Waals surface area contributed by atoms with Crippen molar-refractivity contribution in [3.05, 3.63) is 46.5 Å². The van der Waals surface area contributed by atoms with Crippen molar-refractivity contribution in [2.24, 2.45) is 0 Å². The molecule has 0 atom stereocenters. The number of nitrogens with zero attached hydrogens (tertiary/aromatic N) is 1. The largest absolute Gasteiger partial charge is 0.489 e. The third-order valence-electron chi connectivity index (χ3n) is 5.47. The molecule has 0 radical (unpaired) electrons. The first-order valence-electron chi connectivity index (χ1n) is 10.7. The van der Waals surface area contributed by atoms with Gasteiger partial charge in [-0.05, 0) is 82.0 Å². The van der Waals surface area contributed by atoms with Crippen molar-refractivity contribution in [1.29, 1.82) is 0 Å². The van der Waals surface area contributed by atoms with Crippen LogP contribution in [0, 0.1) is 27.7 Å². The summed E-state index contributed by atoms with van der Waals surface area (Å²) < 4.78 is 62.7. The Kier molecular flexibility index (Phi) is 8.01. The normalized spacial score (nSPS) is 12.4. The topological polar surface area (TPSA) is 92.8 Å². The average molecular weight is 483 g/mol. The maximum atomic E-state index is 13.5. The predicted molar refractivity (Wildman–Crippen MR) is 129 cm³/mol. The molecule has 0 aromatic heterocycles. The van der Waals surface area contributed by atoms with Gasteiger partial charge in [0.2, 0.25) is 10.0 Å². The van der Waals surface area contributed by atoms with E-state index in [1.54, 1.807) is 27.7 Å². The lowest BCUT2D eigenvalue weighted by Crippen LogP contribution is -2.30. The van der Waals surface area contributed by atoms with Gasteiger partial charge in [-0.3, -0.25) is 4.72 Å². The fourth-order valence-corrected chi connectivity index (χ4v) is 6.76. The lowest BCUT2D eigenvalue weighted by atomic mass is 10.0. The molecule has 2 rings (SSSR count). The Hall–Kier alpha value is -2.10. The number of sulfonamides is 2. The average Bonchev–Trinajstić information content (AvgIpc) is 2.67. The lowest BCUT2D eigenvalue weighted by molar-refractivity contribution is 0.243. The van der Waals surface area contributed by atoms with Crippen molar-refractivity contribution in [3.8, 4) is 5.75 Å². The second kappa shape index (κ2) is 9.80. The van der Waals surface area contributed by atoms with Crippen molar-refractivity contribution in [3.63, 3.8) is 0 Å². The van der Waals surface area contributed by atoms with E-state index in [-0.39, 0.29) is 27.3 Å². The number of benzene rings is 2. The molecule has 0 saturated heterocycles. The molecule has 0 unspecified atom stereocenters. The maximum absolute atomic E-state index is 13.5. The van der Waals surface area contributed by atoms with Crippen LogP contribution in [0.1, 0.15) is 49.9 Å². The first-order chi connectivity index (χ1) is 14.8. The first-order valence-corrected chi connectivity index (χ1v) is 13.6. The highest BCUT2D eigenvalue weighted by Crippen LogP contribution is 2.34. The Morgan fingerprint density at radius 1 is 0.906 bits per heavy atom. The molecule has 0 aliphatic carbocycles. The minimum atomic E-state index is -4.01. The molecule has 1 N–H and O–H groups in total. The summed E-state index contributed by atoms with van der Waals surface area (Å²) in [5.74, 6) is 0.266. The van der Waals surface area contributed by atoms with E-state index in [4.69, 9.17) is 4.74 Å². The molecule has 0 spiro atoms. The molecule has 0 bridgehead atoms. The molecule has 0 amide bonds. The minimum absolute atomic E-state index is 0.00359. The van der Waals surface area contributed by atoms with Crippen LogP contribution in [0.5, 0.6) is 5.75 Å². The summed E-state index contributed by atoms with van der Waals surface area (Å²) in [6.07, 6.45) is -0.229. The van der Waals surface area contributed by atoms with E-state index in [0.717, 1.165) is 11.1 Å². The second-order valence-corrected chi connectivity index (χ2v) is 11.7. The van der Waals surface area contributed by atoms with Crippen LogP contribution in [0.15, 0.2) is 34.1 Å². The smallest absolute Gasteiger partial charge is 0.262 e. The molecular formula is C23H34N2O5S2.